The molecule has 0 spiro atoms. The van der Waals surface area contributed by atoms with Crippen molar-refractivity contribution >= 4 is 23.3 Å². The predicted octanol–water partition coefficient (Wildman–Crippen LogP) is 2.63. The minimum absolute atomic E-state index is 0.0130. The Balaban J connectivity index is 2.30. The van der Waals surface area contributed by atoms with Crippen LogP contribution < -0.4 is 10.6 Å². The molecular formula is C14H20ClFN2O3. The molecule has 0 heterocycles. The highest BCUT2D eigenvalue weighted by Gasteiger charge is 2.10. The van der Waals surface area contributed by atoms with Crippen LogP contribution in [0.4, 0.5) is 14.9 Å². The van der Waals surface area contributed by atoms with E-state index in [4.69, 9.17) is 16.3 Å². The van der Waals surface area contributed by atoms with Gasteiger partial charge in [-0.3, -0.25) is 0 Å². The van der Waals surface area contributed by atoms with Crippen molar-refractivity contribution in [1.82, 2.24) is 5.32 Å². The third kappa shape index (κ3) is 7.27. The number of benzene rings is 1. The quantitative estimate of drug-likeness (QED) is 0.724. The van der Waals surface area contributed by atoms with Gasteiger partial charge in [0.15, 0.2) is 0 Å². The summed E-state index contributed by atoms with van der Waals surface area (Å²) in [5.74, 6) is -0.250. The molecule has 0 aliphatic carbocycles. The monoisotopic (exact) mass is 318 g/mol. The SMILES string of the molecule is CC(C)COCC(O)CNC(=O)Nc1ccc(Cl)cc1F. The summed E-state index contributed by atoms with van der Waals surface area (Å²) in [4.78, 5) is 11.6. The fourth-order valence-corrected chi connectivity index (χ4v) is 1.63. The first-order valence-corrected chi connectivity index (χ1v) is 7.02. The number of hydrogen-bond donors (Lipinski definition) is 3. The summed E-state index contributed by atoms with van der Waals surface area (Å²) in [5, 5.41) is 14.6. The summed E-state index contributed by atoms with van der Waals surface area (Å²) < 4.78 is 18.7. The number of carbonyl (C=O) groups is 1. The number of ether oxygens (including phenoxy) is 1. The summed E-state index contributed by atoms with van der Waals surface area (Å²) >= 11 is 5.61. The van der Waals surface area contributed by atoms with Crippen molar-refractivity contribution in [2.75, 3.05) is 25.1 Å². The van der Waals surface area contributed by atoms with E-state index in [1.165, 1.54) is 12.1 Å². The third-order valence-electron chi connectivity index (χ3n) is 2.44. The second-order valence-electron chi connectivity index (χ2n) is 5.04. The van der Waals surface area contributed by atoms with Gasteiger partial charge in [0.05, 0.1) is 18.4 Å². The van der Waals surface area contributed by atoms with E-state index < -0.39 is 18.0 Å². The molecule has 0 saturated heterocycles. The average Bonchev–Trinajstić information content (AvgIpc) is 2.39. The van der Waals surface area contributed by atoms with E-state index >= 15 is 0 Å². The number of nitrogens with one attached hydrogen (secondary N) is 2. The fraction of sp³-hybridized carbons (Fsp3) is 0.500. The Kier molecular flexibility index (Phi) is 7.42. The van der Waals surface area contributed by atoms with Crippen LogP contribution in [0.1, 0.15) is 13.8 Å². The van der Waals surface area contributed by atoms with E-state index in [9.17, 15) is 14.3 Å². The Morgan fingerprint density at radius 3 is 2.76 bits per heavy atom. The maximum atomic E-state index is 13.5. The summed E-state index contributed by atoms with van der Waals surface area (Å²) in [5.41, 5.74) is 0.0162. The maximum Gasteiger partial charge on any atom is 0.319 e. The highest BCUT2D eigenvalue weighted by Crippen LogP contribution is 2.18. The fourth-order valence-electron chi connectivity index (χ4n) is 1.47. The first kappa shape index (κ1) is 17.7. The third-order valence-corrected chi connectivity index (χ3v) is 2.67. The van der Waals surface area contributed by atoms with Crippen LogP contribution in [0.5, 0.6) is 0 Å². The molecule has 2 amide bonds. The number of aliphatic hydroxyl groups is 1. The van der Waals surface area contributed by atoms with E-state index in [1.54, 1.807) is 0 Å². The van der Waals surface area contributed by atoms with Crippen LogP contribution in [-0.2, 0) is 4.74 Å². The molecule has 1 atom stereocenters. The van der Waals surface area contributed by atoms with Crippen LogP contribution in [0.15, 0.2) is 18.2 Å². The van der Waals surface area contributed by atoms with Gasteiger partial charge in [0.2, 0.25) is 0 Å². The molecule has 3 N–H and O–H groups in total. The Hall–Kier alpha value is -1.37. The van der Waals surface area contributed by atoms with E-state index in [-0.39, 0.29) is 23.9 Å². The first-order chi connectivity index (χ1) is 9.88. The van der Waals surface area contributed by atoms with Crippen molar-refractivity contribution in [1.29, 1.82) is 0 Å². The first-order valence-electron chi connectivity index (χ1n) is 6.64. The molecule has 0 fully saturated rings. The summed E-state index contributed by atoms with van der Waals surface area (Å²) in [6.45, 7) is 4.68. The molecule has 0 aliphatic rings. The van der Waals surface area contributed by atoms with Gasteiger partial charge in [-0.25, -0.2) is 9.18 Å². The van der Waals surface area contributed by atoms with Gasteiger partial charge in [-0.2, -0.15) is 0 Å². The van der Waals surface area contributed by atoms with Crippen LogP contribution in [0.3, 0.4) is 0 Å². The lowest BCUT2D eigenvalue weighted by atomic mass is 10.2. The molecule has 7 heteroatoms. The topological polar surface area (TPSA) is 70.6 Å². The van der Waals surface area contributed by atoms with Crippen LogP contribution in [-0.4, -0.2) is 37.0 Å². The molecule has 1 rings (SSSR count). The van der Waals surface area contributed by atoms with Gasteiger partial charge < -0.3 is 20.5 Å². The summed E-state index contributed by atoms with van der Waals surface area (Å²) in [6.07, 6.45) is -0.815. The Morgan fingerprint density at radius 2 is 2.14 bits per heavy atom. The molecule has 21 heavy (non-hydrogen) atoms. The summed E-state index contributed by atoms with van der Waals surface area (Å²) in [7, 11) is 0. The molecule has 0 radical (unpaired) electrons. The highest BCUT2D eigenvalue weighted by atomic mass is 35.5. The number of aliphatic hydroxyl groups excluding tert-OH is 1. The minimum atomic E-state index is -0.815. The Bertz CT molecular complexity index is 472. The van der Waals surface area contributed by atoms with E-state index in [1.807, 2.05) is 13.8 Å². The van der Waals surface area contributed by atoms with Gasteiger partial charge >= 0.3 is 6.03 Å². The number of halogens is 2. The molecule has 1 unspecified atom stereocenters. The molecule has 1 aromatic carbocycles. The molecule has 0 aliphatic heterocycles. The number of hydrogen-bond acceptors (Lipinski definition) is 3. The average molecular weight is 319 g/mol. The zero-order chi connectivity index (χ0) is 15.8. The van der Waals surface area contributed by atoms with Gasteiger partial charge in [-0.15, -0.1) is 0 Å². The number of urea groups is 1. The van der Waals surface area contributed by atoms with Crippen molar-refractivity contribution in [3.8, 4) is 0 Å². The van der Waals surface area contributed by atoms with Gasteiger partial charge in [0.1, 0.15) is 5.82 Å². The van der Waals surface area contributed by atoms with Crippen LogP contribution >= 0.6 is 11.6 Å². The number of anilines is 1. The lowest BCUT2D eigenvalue weighted by molar-refractivity contribution is 0.0274. The number of amides is 2. The Morgan fingerprint density at radius 1 is 1.43 bits per heavy atom. The minimum Gasteiger partial charge on any atom is -0.389 e. The normalized spacial score (nSPS) is 12.3. The zero-order valence-electron chi connectivity index (χ0n) is 12.0. The van der Waals surface area contributed by atoms with Gasteiger partial charge in [-0.05, 0) is 24.1 Å². The second kappa shape index (κ2) is 8.81. The van der Waals surface area contributed by atoms with Crippen molar-refractivity contribution in [2.45, 2.75) is 20.0 Å². The van der Waals surface area contributed by atoms with Crippen molar-refractivity contribution < 1.29 is 19.0 Å². The number of rotatable bonds is 7. The zero-order valence-corrected chi connectivity index (χ0v) is 12.8. The largest absolute Gasteiger partial charge is 0.389 e. The van der Waals surface area contributed by atoms with E-state index in [0.717, 1.165) is 6.07 Å². The Labute approximate surface area is 128 Å². The van der Waals surface area contributed by atoms with Crippen molar-refractivity contribution in [3.05, 3.63) is 29.0 Å². The second-order valence-corrected chi connectivity index (χ2v) is 5.48. The van der Waals surface area contributed by atoms with Crippen LogP contribution in [0.2, 0.25) is 5.02 Å². The molecule has 5 nitrogen and oxygen atoms in total. The lowest BCUT2D eigenvalue weighted by Crippen LogP contribution is -2.37. The molecule has 1 aromatic rings. The number of carbonyl (C=O) groups excluding carboxylic acids is 1. The van der Waals surface area contributed by atoms with E-state index in [0.29, 0.717) is 12.5 Å². The maximum absolute atomic E-state index is 13.5. The van der Waals surface area contributed by atoms with Gasteiger partial charge in [0.25, 0.3) is 0 Å². The van der Waals surface area contributed by atoms with Crippen LogP contribution in [0, 0.1) is 11.7 Å². The van der Waals surface area contributed by atoms with Crippen LogP contribution in [0.25, 0.3) is 0 Å². The van der Waals surface area contributed by atoms with Gasteiger partial charge in [0, 0.05) is 18.2 Å². The van der Waals surface area contributed by atoms with E-state index in [2.05, 4.69) is 10.6 Å². The van der Waals surface area contributed by atoms with Crippen molar-refractivity contribution in [3.63, 3.8) is 0 Å². The highest BCUT2D eigenvalue weighted by molar-refractivity contribution is 6.30. The van der Waals surface area contributed by atoms with Crippen molar-refractivity contribution in [2.24, 2.45) is 5.92 Å². The standard InChI is InChI=1S/C14H20ClFN2O3/c1-9(2)7-21-8-11(19)6-17-14(20)18-13-4-3-10(15)5-12(13)16/h3-5,9,11,19H,6-8H2,1-2H3,(H2,17,18,20). The predicted molar refractivity (Wildman–Crippen MR) is 80.1 cm³/mol. The molecule has 0 aromatic heterocycles. The smallest absolute Gasteiger partial charge is 0.319 e. The molecular weight excluding hydrogens is 299 g/mol. The molecule has 118 valence electrons. The molecule has 0 bridgehead atoms. The van der Waals surface area contributed by atoms with Gasteiger partial charge in [-0.1, -0.05) is 25.4 Å². The summed E-state index contributed by atoms with van der Waals surface area (Å²) in [6, 6.07) is 3.32. The lowest BCUT2D eigenvalue weighted by Gasteiger charge is -2.14. The molecule has 0 saturated carbocycles.